The first-order valence-corrected chi connectivity index (χ1v) is 9.29. The van der Waals surface area contributed by atoms with Crippen molar-refractivity contribution in [3.8, 4) is 0 Å². The Labute approximate surface area is 166 Å². The fraction of sp³-hybridized carbons (Fsp3) is 0.143. The molecule has 0 aliphatic carbocycles. The molecule has 0 atom stereocenters. The third kappa shape index (κ3) is 3.73. The molecule has 1 aliphatic heterocycles. The molecule has 3 aromatic rings. The number of amides is 1. The van der Waals surface area contributed by atoms with Crippen molar-refractivity contribution in [3.63, 3.8) is 0 Å². The molecule has 1 aromatic heterocycles. The zero-order chi connectivity index (χ0) is 19.5. The second-order valence-electron chi connectivity index (χ2n) is 6.46. The standard InChI is InChI=1S/C21H17ClN4O2/c22-16(11-14-5-2-1-3-6-14)13-23-25-20(27)15-8-9-17-18(12-15)24-19-7-4-10-26(19)21(17)28/h1-3,5-6,8-9,11-13H,4,7,10H2,(H,25,27)/b16-11-,23-13-. The summed E-state index contributed by atoms with van der Waals surface area (Å²) in [5, 5.41) is 4.79. The SMILES string of the molecule is O=C(N/N=C\C(Cl)=C\c1ccccc1)c1ccc2c(=O)n3c(nc2c1)CCC3. The first-order chi connectivity index (χ1) is 13.6. The molecule has 0 spiro atoms. The van der Waals surface area contributed by atoms with E-state index in [4.69, 9.17) is 11.6 Å². The van der Waals surface area contributed by atoms with Gasteiger partial charge in [-0.05, 0) is 36.3 Å². The van der Waals surface area contributed by atoms with Crippen LogP contribution in [0.4, 0.5) is 0 Å². The van der Waals surface area contributed by atoms with Gasteiger partial charge in [0.25, 0.3) is 11.5 Å². The summed E-state index contributed by atoms with van der Waals surface area (Å²) in [6.45, 7) is 0.700. The van der Waals surface area contributed by atoms with Gasteiger partial charge in [0.05, 0.1) is 22.1 Å². The van der Waals surface area contributed by atoms with Crippen LogP contribution in [0.25, 0.3) is 17.0 Å². The van der Waals surface area contributed by atoms with Gasteiger partial charge in [-0.15, -0.1) is 0 Å². The molecule has 1 aliphatic rings. The number of benzene rings is 2. The van der Waals surface area contributed by atoms with Gasteiger partial charge in [0.2, 0.25) is 0 Å². The molecule has 1 amide bonds. The minimum Gasteiger partial charge on any atom is -0.296 e. The molecule has 2 heterocycles. The van der Waals surface area contributed by atoms with Crippen molar-refractivity contribution >= 4 is 40.7 Å². The molecular weight excluding hydrogens is 376 g/mol. The summed E-state index contributed by atoms with van der Waals surface area (Å²) < 4.78 is 1.70. The largest absolute Gasteiger partial charge is 0.296 e. The summed E-state index contributed by atoms with van der Waals surface area (Å²) >= 11 is 6.11. The molecule has 28 heavy (non-hydrogen) atoms. The van der Waals surface area contributed by atoms with E-state index >= 15 is 0 Å². The maximum absolute atomic E-state index is 12.5. The number of rotatable bonds is 4. The van der Waals surface area contributed by atoms with Crippen LogP contribution in [0.2, 0.25) is 0 Å². The van der Waals surface area contributed by atoms with Crippen molar-refractivity contribution < 1.29 is 4.79 Å². The highest BCUT2D eigenvalue weighted by Crippen LogP contribution is 2.16. The highest BCUT2D eigenvalue weighted by molar-refractivity contribution is 6.41. The lowest BCUT2D eigenvalue weighted by Crippen LogP contribution is -2.22. The average molecular weight is 393 g/mol. The molecule has 1 N–H and O–H groups in total. The summed E-state index contributed by atoms with van der Waals surface area (Å²) in [6.07, 6.45) is 4.80. The molecule has 0 radical (unpaired) electrons. The van der Waals surface area contributed by atoms with Crippen molar-refractivity contribution in [2.45, 2.75) is 19.4 Å². The van der Waals surface area contributed by atoms with Crippen molar-refractivity contribution in [3.05, 3.63) is 80.9 Å². The van der Waals surface area contributed by atoms with Gasteiger partial charge in [-0.3, -0.25) is 14.2 Å². The summed E-state index contributed by atoms with van der Waals surface area (Å²) in [4.78, 5) is 29.4. The maximum atomic E-state index is 12.5. The number of aromatic nitrogens is 2. The Morgan fingerprint density at radius 1 is 1.21 bits per heavy atom. The lowest BCUT2D eigenvalue weighted by atomic mass is 10.1. The van der Waals surface area contributed by atoms with Crippen molar-refractivity contribution in [2.75, 3.05) is 0 Å². The number of aryl methyl sites for hydroxylation is 1. The van der Waals surface area contributed by atoms with E-state index in [9.17, 15) is 9.59 Å². The Kier molecular flexibility index (Phi) is 5.04. The highest BCUT2D eigenvalue weighted by Gasteiger charge is 2.17. The van der Waals surface area contributed by atoms with Gasteiger partial charge in [-0.25, -0.2) is 10.4 Å². The van der Waals surface area contributed by atoms with Gasteiger partial charge in [0.15, 0.2) is 0 Å². The van der Waals surface area contributed by atoms with Crippen LogP contribution in [0.3, 0.4) is 0 Å². The lowest BCUT2D eigenvalue weighted by Gasteiger charge is -2.06. The predicted molar refractivity (Wildman–Crippen MR) is 111 cm³/mol. The molecule has 0 saturated heterocycles. The summed E-state index contributed by atoms with van der Waals surface area (Å²) in [5.74, 6) is 0.371. The van der Waals surface area contributed by atoms with Gasteiger partial charge < -0.3 is 0 Å². The molecule has 0 fully saturated rings. The fourth-order valence-corrected chi connectivity index (χ4v) is 3.36. The number of allylic oxidation sites excluding steroid dienone is 1. The number of nitrogens with one attached hydrogen (secondary N) is 1. The predicted octanol–water partition coefficient (Wildman–Crippen LogP) is 3.34. The molecule has 2 aromatic carbocycles. The minimum atomic E-state index is -0.398. The highest BCUT2D eigenvalue weighted by atomic mass is 35.5. The van der Waals surface area contributed by atoms with E-state index in [1.54, 1.807) is 28.8 Å². The summed E-state index contributed by atoms with van der Waals surface area (Å²) in [6, 6.07) is 14.4. The number of fused-ring (bicyclic) bond motifs is 2. The number of hydrazone groups is 1. The van der Waals surface area contributed by atoms with Crippen LogP contribution < -0.4 is 11.0 Å². The lowest BCUT2D eigenvalue weighted by molar-refractivity contribution is 0.0955. The molecule has 0 saturated carbocycles. The van der Waals surface area contributed by atoms with E-state index in [-0.39, 0.29) is 5.56 Å². The number of carbonyl (C=O) groups excluding carboxylic acids is 1. The van der Waals surface area contributed by atoms with Gasteiger partial charge >= 0.3 is 0 Å². The quantitative estimate of drug-likeness (QED) is 0.546. The van der Waals surface area contributed by atoms with Crippen LogP contribution >= 0.6 is 11.6 Å². The summed E-state index contributed by atoms with van der Waals surface area (Å²) in [7, 11) is 0. The first kappa shape index (κ1) is 18.1. The molecule has 0 bridgehead atoms. The Balaban J connectivity index is 1.50. The number of nitrogens with zero attached hydrogens (tertiary/aromatic N) is 3. The van der Waals surface area contributed by atoms with Gasteiger partial charge in [-0.2, -0.15) is 5.10 Å². The van der Waals surface area contributed by atoms with Crippen molar-refractivity contribution in [1.29, 1.82) is 0 Å². The molecule has 6 nitrogen and oxygen atoms in total. The molecule has 4 rings (SSSR count). The third-order valence-electron chi connectivity index (χ3n) is 4.54. The Bertz CT molecular complexity index is 1170. The summed E-state index contributed by atoms with van der Waals surface area (Å²) in [5.41, 5.74) is 4.22. The van der Waals surface area contributed by atoms with E-state index < -0.39 is 5.91 Å². The Morgan fingerprint density at radius 3 is 2.86 bits per heavy atom. The minimum absolute atomic E-state index is 0.0553. The second-order valence-corrected chi connectivity index (χ2v) is 6.90. The smallest absolute Gasteiger partial charge is 0.271 e. The van der Waals surface area contributed by atoms with Crippen molar-refractivity contribution in [2.24, 2.45) is 5.10 Å². The Morgan fingerprint density at radius 2 is 2.04 bits per heavy atom. The van der Waals surface area contributed by atoms with Crippen LogP contribution in [0.1, 0.15) is 28.2 Å². The van der Waals surface area contributed by atoms with Crippen LogP contribution in [0, 0.1) is 0 Å². The fourth-order valence-electron chi connectivity index (χ4n) is 3.19. The van der Waals surface area contributed by atoms with Crippen LogP contribution in [-0.2, 0) is 13.0 Å². The van der Waals surface area contributed by atoms with Crippen molar-refractivity contribution in [1.82, 2.24) is 15.0 Å². The van der Waals surface area contributed by atoms with Crippen LogP contribution in [0.15, 0.2) is 63.5 Å². The van der Waals surface area contributed by atoms with Gasteiger partial charge in [-0.1, -0.05) is 41.9 Å². The molecule has 140 valence electrons. The van der Waals surface area contributed by atoms with E-state index in [2.05, 4.69) is 15.5 Å². The number of hydrogen-bond acceptors (Lipinski definition) is 4. The maximum Gasteiger partial charge on any atom is 0.271 e. The van der Waals surface area contributed by atoms with Gasteiger partial charge in [0.1, 0.15) is 5.82 Å². The zero-order valence-corrected chi connectivity index (χ0v) is 15.7. The first-order valence-electron chi connectivity index (χ1n) is 8.91. The van der Waals surface area contributed by atoms with E-state index in [1.807, 2.05) is 30.3 Å². The molecule has 0 unspecified atom stereocenters. The van der Waals surface area contributed by atoms with Gasteiger partial charge in [0, 0.05) is 18.5 Å². The van der Waals surface area contributed by atoms with E-state index in [0.29, 0.717) is 28.0 Å². The molecular formula is C21H17ClN4O2. The number of hydrogen-bond donors (Lipinski definition) is 1. The zero-order valence-electron chi connectivity index (χ0n) is 14.9. The van der Waals surface area contributed by atoms with E-state index in [0.717, 1.165) is 24.2 Å². The Hall–Kier alpha value is -3.25. The number of halogens is 1. The van der Waals surface area contributed by atoms with E-state index in [1.165, 1.54) is 6.21 Å². The molecule has 7 heteroatoms. The van der Waals surface area contributed by atoms with Crippen LogP contribution in [0.5, 0.6) is 0 Å². The second kappa shape index (κ2) is 7.78. The van der Waals surface area contributed by atoms with Crippen LogP contribution in [-0.4, -0.2) is 21.7 Å². The number of carbonyl (C=O) groups is 1. The average Bonchev–Trinajstić information content (AvgIpc) is 3.17. The monoisotopic (exact) mass is 392 g/mol. The third-order valence-corrected chi connectivity index (χ3v) is 4.74. The topological polar surface area (TPSA) is 76.3 Å². The normalized spacial score (nSPS) is 13.8.